The van der Waals surface area contributed by atoms with Crippen LogP contribution in [0.3, 0.4) is 0 Å². The SMILES string of the molecule is COCO[C@@H]1CC[C@@]2(C)C(CCC3(C)C2[C@H](OCOC)CC2C([C@@H](C)CCC=C(C)C)[C@@H](OC(C)=O)C[C@@]23C)C1C. The maximum Gasteiger partial charge on any atom is 0.302 e. The van der Waals surface area contributed by atoms with Gasteiger partial charge in [-0.05, 0) is 111 Å². The van der Waals surface area contributed by atoms with Gasteiger partial charge in [0.05, 0.1) is 12.2 Å². The van der Waals surface area contributed by atoms with E-state index >= 15 is 0 Å². The van der Waals surface area contributed by atoms with E-state index in [2.05, 4.69) is 54.5 Å². The summed E-state index contributed by atoms with van der Waals surface area (Å²) in [5, 5.41) is 0. The third-order valence-electron chi connectivity index (χ3n) is 12.9. The molecule has 0 saturated heterocycles. The molecule has 0 radical (unpaired) electrons. The highest BCUT2D eigenvalue weighted by atomic mass is 16.7. The van der Waals surface area contributed by atoms with E-state index in [-0.39, 0.29) is 40.5 Å². The average Bonchev–Trinajstić information content (AvgIpc) is 3.18. The summed E-state index contributed by atoms with van der Waals surface area (Å²) in [7, 11) is 3.44. The van der Waals surface area contributed by atoms with Gasteiger partial charge in [0.1, 0.15) is 19.7 Å². The van der Waals surface area contributed by atoms with Gasteiger partial charge in [-0.25, -0.2) is 0 Å². The number of hydrogen-bond acceptors (Lipinski definition) is 6. The van der Waals surface area contributed by atoms with Crippen molar-refractivity contribution in [3.05, 3.63) is 11.6 Å². The molecule has 0 aliphatic heterocycles. The van der Waals surface area contributed by atoms with E-state index in [0.717, 1.165) is 38.5 Å². The lowest BCUT2D eigenvalue weighted by molar-refractivity contribution is -0.264. The van der Waals surface area contributed by atoms with Crippen molar-refractivity contribution in [2.75, 3.05) is 27.8 Å². The van der Waals surface area contributed by atoms with Crippen molar-refractivity contribution in [1.29, 1.82) is 0 Å². The molecule has 0 aromatic carbocycles. The normalized spacial score (nSPS) is 44.3. The highest BCUT2D eigenvalue weighted by Crippen LogP contribution is 2.75. The van der Waals surface area contributed by atoms with Crippen LogP contribution in [0.4, 0.5) is 0 Å². The standard InChI is InChI=1S/C35H60O6/c1-22(2)12-11-13-23(3)31-27-18-29(40-21-38-10)32-33(6)16-15-28(39-20-37-9)24(4)26(33)14-17-34(32,7)35(27,8)19-30(31)41-25(5)36/h12,23-24,26-32H,11,13-21H2,1-10H3/t23-,24?,26?,27?,28+,29+,30-,31?,32?,33-,34?,35-/m0/s1. The zero-order valence-electron chi connectivity index (χ0n) is 27.8. The van der Waals surface area contributed by atoms with Gasteiger partial charge in [-0.1, -0.05) is 46.3 Å². The van der Waals surface area contributed by atoms with Crippen molar-refractivity contribution in [3.8, 4) is 0 Å². The summed E-state index contributed by atoms with van der Waals surface area (Å²) in [5.74, 6) is 2.56. The molecule has 4 aliphatic rings. The van der Waals surface area contributed by atoms with Gasteiger partial charge in [0.15, 0.2) is 0 Å². The summed E-state index contributed by atoms with van der Waals surface area (Å²) < 4.78 is 30.0. The van der Waals surface area contributed by atoms with Crippen molar-refractivity contribution >= 4 is 5.97 Å². The minimum absolute atomic E-state index is 0.0366. The molecule has 0 bridgehead atoms. The number of allylic oxidation sites excluding steroid dienone is 2. The third-order valence-corrected chi connectivity index (χ3v) is 12.9. The van der Waals surface area contributed by atoms with Crippen molar-refractivity contribution in [1.82, 2.24) is 0 Å². The molecule has 0 heterocycles. The third kappa shape index (κ3) is 5.93. The van der Waals surface area contributed by atoms with Gasteiger partial charge in [0.25, 0.3) is 0 Å². The van der Waals surface area contributed by atoms with Crippen LogP contribution in [-0.2, 0) is 28.5 Å². The van der Waals surface area contributed by atoms with E-state index in [1.165, 1.54) is 18.4 Å². The molecule has 4 rings (SSSR count). The van der Waals surface area contributed by atoms with Gasteiger partial charge >= 0.3 is 5.97 Å². The molecule has 6 nitrogen and oxygen atoms in total. The molecule has 6 heteroatoms. The number of carbonyl (C=O) groups excluding carboxylic acids is 1. The van der Waals surface area contributed by atoms with E-state index in [0.29, 0.717) is 49.1 Å². The van der Waals surface area contributed by atoms with Crippen molar-refractivity contribution in [2.24, 2.45) is 51.8 Å². The molecule has 41 heavy (non-hydrogen) atoms. The minimum Gasteiger partial charge on any atom is -0.462 e. The van der Waals surface area contributed by atoms with Crippen LogP contribution in [0.5, 0.6) is 0 Å². The maximum absolute atomic E-state index is 12.4. The van der Waals surface area contributed by atoms with Gasteiger partial charge in [-0.15, -0.1) is 0 Å². The van der Waals surface area contributed by atoms with Crippen molar-refractivity contribution in [3.63, 3.8) is 0 Å². The molecule has 0 aromatic rings. The predicted molar refractivity (Wildman–Crippen MR) is 162 cm³/mol. The number of rotatable bonds is 11. The Kier molecular flexibility index (Phi) is 10.4. The number of esters is 1. The van der Waals surface area contributed by atoms with Crippen LogP contribution < -0.4 is 0 Å². The van der Waals surface area contributed by atoms with E-state index in [1.807, 2.05) is 0 Å². The smallest absolute Gasteiger partial charge is 0.302 e. The first-order chi connectivity index (χ1) is 19.3. The van der Waals surface area contributed by atoms with E-state index in [4.69, 9.17) is 23.7 Å². The number of fused-ring (bicyclic) bond motifs is 5. The van der Waals surface area contributed by atoms with Gasteiger partial charge < -0.3 is 23.7 Å². The van der Waals surface area contributed by atoms with E-state index in [9.17, 15) is 4.79 Å². The lowest BCUT2D eigenvalue weighted by atomic mass is 9.36. The predicted octanol–water partition coefficient (Wildman–Crippen LogP) is 7.79. The monoisotopic (exact) mass is 576 g/mol. The summed E-state index contributed by atoms with van der Waals surface area (Å²) >= 11 is 0. The molecule has 236 valence electrons. The zero-order valence-corrected chi connectivity index (χ0v) is 27.8. The number of carbonyl (C=O) groups is 1. The van der Waals surface area contributed by atoms with Crippen LogP contribution >= 0.6 is 0 Å². The summed E-state index contributed by atoms with van der Waals surface area (Å²) in [6.07, 6.45) is 11.4. The highest BCUT2D eigenvalue weighted by molar-refractivity contribution is 5.66. The van der Waals surface area contributed by atoms with Crippen molar-refractivity contribution < 1.29 is 28.5 Å². The van der Waals surface area contributed by atoms with E-state index < -0.39 is 0 Å². The largest absolute Gasteiger partial charge is 0.462 e. The Morgan fingerprint density at radius 1 is 0.902 bits per heavy atom. The second-order valence-electron chi connectivity index (χ2n) is 15.2. The molecule has 0 spiro atoms. The summed E-state index contributed by atoms with van der Waals surface area (Å²) in [6.45, 7) is 19.1. The van der Waals surface area contributed by atoms with Crippen molar-refractivity contribution in [2.45, 2.75) is 125 Å². The summed E-state index contributed by atoms with van der Waals surface area (Å²) in [4.78, 5) is 12.4. The second kappa shape index (κ2) is 13.0. The fraction of sp³-hybridized carbons (Fsp3) is 0.914. The second-order valence-corrected chi connectivity index (χ2v) is 15.2. The Balaban J connectivity index is 1.72. The Morgan fingerprint density at radius 3 is 2.17 bits per heavy atom. The van der Waals surface area contributed by atoms with Crippen LogP contribution in [0.2, 0.25) is 0 Å². The fourth-order valence-corrected chi connectivity index (χ4v) is 11.0. The van der Waals surface area contributed by atoms with Gasteiger partial charge in [0.2, 0.25) is 0 Å². The van der Waals surface area contributed by atoms with Crippen LogP contribution in [0.1, 0.15) is 107 Å². The molecule has 4 fully saturated rings. The first kappa shape index (κ1) is 33.0. The molecule has 0 N–H and O–H groups in total. The molecule has 12 atom stereocenters. The maximum atomic E-state index is 12.4. The Morgan fingerprint density at radius 2 is 1.56 bits per heavy atom. The summed E-state index contributed by atoms with van der Waals surface area (Å²) in [6, 6.07) is 0. The van der Waals surface area contributed by atoms with Gasteiger partial charge in [-0.3, -0.25) is 4.79 Å². The molecule has 6 unspecified atom stereocenters. The molecule has 4 saturated carbocycles. The van der Waals surface area contributed by atoms with Crippen LogP contribution in [0.15, 0.2) is 11.6 Å². The molecule has 4 aliphatic carbocycles. The summed E-state index contributed by atoms with van der Waals surface area (Å²) in [5.41, 5.74) is 1.66. The molecular weight excluding hydrogens is 516 g/mol. The molecule has 0 amide bonds. The average molecular weight is 577 g/mol. The number of hydrogen-bond donors (Lipinski definition) is 0. The zero-order chi connectivity index (χ0) is 30.2. The van der Waals surface area contributed by atoms with E-state index in [1.54, 1.807) is 21.1 Å². The Bertz CT molecular complexity index is 930. The lowest BCUT2D eigenvalue weighted by Gasteiger charge is -2.69. The first-order valence-corrected chi connectivity index (χ1v) is 16.4. The lowest BCUT2D eigenvalue weighted by Crippen LogP contribution is -2.66. The van der Waals surface area contributed by atoms with Gasteiger partial charge in [0, 0.05) is 27.1 Å². The Labute approximate surface area is 250 Å². The number of methoxy groups -OCH3 is 2. The van der Waals surface area contributed by atoms with Crippen LogP contribution in [-0.4, -0.2) is 52.1 Å². The topological polar surface area (TPSA) is 63.2 Å². The highest BCUT2D eigenvalue weighted by Gasteiger charge is 2.72. The fourth-order valence-electron chi connectivity index (χ4n) is 11.0. The molecular formula is C35H60O6. The van der Waals surface area contributed by atoms with Gasteiger partial charge in [-0.2, -0.15) is 0 Å². The first-order valence-electron chi connectivity index (χ1n) is 16.4. The molecule has 0 aromatic heterocycles. The minimum atomic E-state index is -0.147. The Hall–Kier alpha value is -0.950. The van der Waals surface area contributed by atoms with Crippen LogP contribution in [0, 0.1) is 51.8 Å². The van der Waals surface area contributed by atoms with Crippen LogP contribution in [0.25, 0.3) is 0 Å². The number of ether oxygens (including phenoxy) is 5. The quantitative estimate of drug-likeness (QED) is 0.142.